The van der Waals surface area contributed by atoms with E-state index in [2.05, 4.69) is 41.7 Å². The van der Waals surface area contributed by atoms with Crippen molar-refractivity contribution in [3.8, 4) is 11.6 Å². The number of aryl methyl sites for hydroxylation is 1. The van der Waals surface area contributed by atoms with Gasteiger partial charge in [0.15, 0.2) is 0 Å². The molecule has 4 heteroatoms. The number of aliphatic hydroxyl groups is 1. The van der Waals surface area contributed by atoms with Crippen molar-refractivity contribution >= 4 is 15.9 Å². The van der Waals surface area contributed by atoms with Crippen LogP contribution in [0.2, 0.25) is 0 Å². The SMILES string of the molecule is Cc1ccc(Br)cc1Oc1cc(CO)cc(C(C)(C)C)n1. The van der Waals surface area contributed by atoms with Gasteiger partial charge in [-0.05, 0) is 36.2 Å². The van der Waals surface area contributed by atoms with Gasteiger partial charge in [0.25, 0.3) is 0 Å². The van der Waals surface area contributed by atoms with Gasteiger partial charge in [0.1, 0.15) is 5.75 Å². The number of benzene rings is 1. The number of halogens is 1. The van der Waals surface area contributed by atoms with Gasteiger partial charge in [0.05, 0.1) is 12.3 Å². The normalized spacial score (nSPS) is 11.5. The molecule has 2 rings (SSSR count). The predicted octanol–water partition coefficient (Wildman–Crippen LogP) is 4.73. The molecule has 1 heterocycles. The van der Waals surface area contributed by atoms with Gasteiger partial charge in [0.2, 0.25) is 5.88 Å². The molecule has 0 unspecified atom stereocenters. The summed E-state index contributed by atoms with van der Waals surface area (Å²) in [6, 6.07) is 9.57. The fourth-order valence-electron chi connectivity index (χ4n) is 1.88. The smallest absolute Gasteiger partial charge is 0.219 e. The van der Waals surface area contributed by atoms with Gasteiger partial charge in [-0.3, -0.25) is 0 Å². The fourth-order valence-corrected chi connectivity index (χ4v) is 2.22. The van der Waals surface area contributed by atoms with Gasteiger partial charge in [0, 0.05) is 16.0 Å². The van der Waals surface area contributed by atoms with Crippen molar-refractivity contribution in [1.29, 1.82) is 0 Å². The standard InChI is InChI=1S/C17H20BrNO2/c1-11-5-6-13(18)9-14(11)21-16-8-12(10-20)7-15(19-16)17(2,3)4/h5-9,20H,10H2,1-4H3. The second-order valence-corrected chi connectivity index (χ2v) is 7.03. The molecule has 21 heavy (non-hydrogen) atoms. The van der Waals surface area contributed by atoms with Gasteiger partial charge in [-0.25, -0.2) is 4.98 Å². The van der Waals surface area contributed by atoms with Crippen LogP contribution in [-0.4, -0.2) is 10.1 Å². The van der Waals surface area contributed by atoms with Crippen LogP contribution in [-0.2, 0) is 12.0 Å². The highest BCUT2D eigenvalue weighted by molar-refractivity contribution is 9.10. The van der Waals surface area contributed by atoms with E-state index in [9.17, 15) is 5.11 Å². The van der Waals surface area contributed by atoms with E-state index < -0.39 is 0 Å². The van der Waals surface area contributed by atoms with E-state index in [1.165, 1.54) is 0 Å². The minimum Gasteiger partial charge on any atom is -0.439 e. The highest BCUT2D eigenvalue weighted by Gasteiger charge is 2.18. The van der Waals surface area contributed by atoms with Crippen LogP contribution in [0.15, 0.2) is 34.8 Å². The quantitative estimate of drug-likeness (QED) is 0.870. The van der Waals surface area contributed by atoms with Gasteiger partial charge in [-0.2, -0.15) is 0 Å². The van der Waals surface area contributed by atoms with Crippen LogP contribution >= 0.6 is 15.9 Å². The fraction of sp³-hybridized carbons (Fsp3) is 0.353. The molecule has 0 bridgehead atoms. The maximum Gasteiger partial charge on any atom is 0.219 e. The van der Waals surface area contributed by atoms with Crippen molar-refractivity contribution in [3.05, 3.63) is 51.6 Å². The summed E-state index contributed by atoms with van der Waals surface area (Å²) in [5.41, 5.74) is 2.64. The van der Waals surface area contributed by atoms with E-state index in [1.54, 1.807) is 6.07 Å². The molecule has 1 N–H and O–H groups in total. The summed E-state index contributed by atoms with van der Waals surface area (Å²) in [5.74, 6) is 1.26. The Bertz CT molecular complexity index is 648. The number of hydrogen-bond acceptors (Lipinski definition) is 3. The summed E-state index contributed by atoms with van der Waals surface area (Å²) in [6.07, 6.45) is 0. The molecule has 0 saturated heterocycles. The molecule has 0 aliphatic rings. The summed E-state index contributed by atoms with van der Waals surface area (Å²) >= 11 is 3.44. The molecule has 0 aliphatic heterocycles. The first kappa shape index (κ1) is 16.0. The number of aliphatic hydroxyl groups excluding tert-OH is 1. The summed E-state index contributed by atoms with van der Waals surface area (Å²) < 4.78 is 6.87. The molecule has 0 amide bonds. The molecule has 112 valence electrons. The van der Waals surface area contributed by atoms with Crippen LogP contribution in [0, 0.1) is 6.92 Å². The molecular weight excluding hydrogens is 330 g/mol. The average Bonchev–Trinajstić information content (AvgIpc) is 2.41. The van der Waals surface area contributed by atoms with E-state index in [0.29, 0.717) is 5.88 Å². The molecule has 3 nitrogen and oxygen atoms in total. The van der Waals surface area contributed by atoms with Crippen LogP contribution in [0.25, 0.3) is 0 Å². The zero-order valence-electron chi connectivity index (χ0n) is 12.8. The Hall–Kier alpha value is -1.39. The van der Waals surface area contributed by atoms with E-state index in [1.807, 2.05) is 31.2 Å². The Labute approximate surface area is 134 Å². The summed E-state index contributed by atoms with van der Waals surface area (Å²) in [5, 5.41) is 9.43. The number of rotatable bonds is 3. The number of nitrogens with zero attached hydrogens (tertiary/aromatic N) is 1. The van der Waals surface area contributed by atoms with Crippen LogP contribution < -0.4 is 4.74 Å². The lowest BCUT2D eigenvalue weighted by atomic mass is 9.91. The van der Waals surface area contributed by atoms with Crippen molar-refractivity contribution in [2.24, 2.45) is 0 Å². The molecule has 0 atom stereocenters. The minimum atomic E-state index is -0.102. The van der Waals surface area contributed by atoms with Crippen molar-refractivity contribution in [3.63, 3.8) is 0 Å². The minimum absolute atomic E-state index is 0.0283. The van der Waals surface area contributed by atoms with E-state index in [4.69, 9.17) is 4.74 Å². The Morgan fingerprint density at radius 3 is 2.52 bits per heavy atom. The van der Waals surface area contributed by atoms with E-state index in [0.717, 1.165) is 27.0 Å². The molecule has 0 spiro atoms. The third-order valence-corrected chi connectivity index (χ3v) is 3.67. The highest BCUT2D eigenvalue weighted by Crippen LogP contribution is 2.30. The molecule has 0 radical (unpaired) electrons. The lowest BCUT2D eigenvalue weighted by Crippen LogP contribution is -2.14. The third kappa shape index (κ3) is 4.05. The summed E-state index contributed by atoms with van der Waals surface area (Å²) in [6.45, 7) is 8.22. The Morgan fingerprint density at radius 2 is 1.90 bits per heavy atom. The van der Waals surface area contributed by atoms with Crippen molar-refractivity contribution in [1.82, 2.24) is 4.98 Å². The first-order valence-corrected chi connectivity index (χ1v) is 7.65. The van der Waals surface area contributed by atoms with Crippen LogP contribution in [0.3, 0.4) is 0 Å². The largest absolute Gasteiger partial charge is 0.439 e. The first-order valence-electron chi connectivity index (χ1n) is 6.86. The second kappa shape index (κ2) is 6.16. The molecule has 1 aromatic heterocycles. The Kier molecular flexibility index (Phi) is 4.69. The third-order valence-electron chi connectivity index (χ3n) is 3.18. The molecule has 1 aromatic carbocycles. The van der Waals surface area contributed by atoms with Gasteiger partial charge < -0.3 is 9.84 Å². The maximum absolute atomic E-state index is 9.43. The monoisotopic (exact) mass is 349 g/mol. The molecular formula is C17H20BrNO2. The summed E-state index contributed by atoms with van der Waals surface area (Å²) in [4.78, 5) is 4.57. The maximum atomic E-state index is 9.43. The van der Waals surface area contributed by atoms with E-state index >= 15 is 0 Å². The van der Waals surface area contributed by atoms with Gasteiger partial charge >= 0.3 is 0 Å². The number of aromatic nitrogens is 1. The zero-order valence-corrected chi connectivity index (χ0v) is 14.4. The molecule has 0 aliphatic carbocycles. The second-order valence-electron chi connectivity index (χ2n) is 6.12. The van der Waals surface area contributed by atoms with Gasteiger partial charge in [-0.15, -0.1) is 0 Å². The number of ether oxygens (including phenoxy) is 1. The Balaban J connectivity index is 2.42. The molecule has 0 fully saturated rings. The van der Waals surface area contributed by atoms with Crippen LogP contribution in [0.5, 0.6) is 11.6 Å². The van der Waals surface area contributed by atoms with E-state index in [-0.39, 0.29) is 12.0 Å². The van der Waals surface area contributed by atoms with Crippen LogP contribution in [0.1, 0.15) is 37.6 Å². The van der Waals surface area contributed by atoms with Gasteiger partial charge in [-0.1, -0.05) is 42.8 Å². The Morgan fingerprint density at radius 1 is 1.19 bits per heavy atom. The van der Waals surface area contributed by atoms with Crippen molar-refractivity contribution < 1.29 is 9.84 Å². The lowest BCUT2D eigenvalue weighted by Gasteiger charge is -2.20. The first-order chi connectivity index (χ1) is 9.79. The predicted molar refractivity (Wildman–Crippen MR) is 87.8 cm³/mol. The lowest BCUT2D eigenvalue weighted by molar-refractivity contribution is 0.280. The van der Waals surface area contributed by atoms with Crippen molar-refractivity contribution in [2.75, 3.05) is 0 Å². The molecule has 2 aromatic rings. The highest BCUT2D eigenvalue weighted by atomic mass is 79.9. The number of pyridine rings is 1. The average molecular weight is 350 g/mol. The molecule has 0 saturated carbocycles. The van der Waals surface area contributed by atoms with Crippen LogP contribution in [0.4, 0.5) is 0 Å². The topological polar surface area (TPSA) is 42.4 Å². The number of hydrogen-bond donors (Lipinski definition) is 1. The van der Waals surface area contributed by atoms with Crippen molar-refractivity contribution in [2.45, 2.75) is 39.7 Å². The summed E-state index contributed by atoms with van der Waals surface area (Å²) in [7, 11) is 0. The zero-order chi connectivity index (χ0) is 15.6.